The number of benzene rings is 5. The van der Waals surface area contributed by atoms with Crippen LogP contribution in [0, 0.1) is 0 Å². The van der Waals surface area contributed by atoms with Crippen molar-refractivity contribution in [2.24, 2.45) is 0 Å². The maximum absolute atomic E-state index is 10.3. The van der Waals surface area contributed by atoms with Crippen LogP contribution in [0.3, 0.4) is 0 Å². The van der Waals surface area contributed by atoms with Gasteiger partial charge in [-0.25, -0.2) is 0 Å². The molecule has 5 heteroatoms. The summed E-state index contributed by atoms with van der Waals surface area (Å²) in [5, 5.41) is 12.7. The Bertz CT molecular complexity index is 1620. The fourth-order valence-electron chi connectivity index (χ4n) is 7.44. The number of ether oxygens (including phenoxy) is 2. The van der Waals surface area contributed by atoms with Crippen LogP contribution in [-0.2, 0) is 19.5 Å². The zero-order chi connectivity index (χ0) is 34.2. The third-order valence-electron chi connectivity index (χ3n) is 9.68. The van der Waals surface area contributed by atoms with E-state index in [2.05, 4.69) is 160 Å². The van der Waals surface area contributed by atoms with Gasteiger partial charge < -0.3 is 19.0 Å². The van der Waals surface area contributed by atoms with E-state index in [4.69, 9.17) is 13.9 Å². The Labute approximate surface area is 293 Å². The molecule has 1 N–H and O–H groups in total. The molecular weight excluding hydrogens is 621 g/mol. The molecule has 1 aliphatic heterocycles. The minimum atomic E-state index is -2.68. The second kappa shape index (κ2) is 15.6. The maximum Gasteiger partial charge on any atom is 0.261 e. The lowest BCUT2D eigenvalue weighted by Gasteiger charge is -2.43. The van der Waals surface area contributed by atoms with E-state index >= 15 is 0 Å². The minimum absolute atomic E-state index is 0.0510. The lowest BCUT2D eigenvalue weighted by molar-refractivity contribution is -0.111. The van der Waals surface area contributed by atoms with Crippen LogP contribution in [0.1, 0.15) is 50.3 Å². The lowest BCUT2D eigenvalue weighted by atomic mass is 9.80. The molecule has 2 atom stereocenters. The van der Waals surface area contributed by atoms with Gasteiger partial charge in [-0.1, -0.05) is 184 Å². The lowest BCUT2D eigenvalue weighted by Crippen LogP contribution is -2.66. The van der Waals surface area contributed by atoms with E-state index in [1.54, 1.807) is 0 Å². The Morgan fingerprint density at radius 3 is 1.45 bits per heavy atom. The summed E-state index contributed by atoms with van der Waals surface area (Å²) >= 11 is 0. The third-order valence-corrected chi connectivity index (χ3v) is 14.7. The van der Waals surface area contributed by atoms with Gasteiger partial charge in [-0.3, -0.25) is 0 Å². The standard InChI is InChI=1S/C44H48O4Si/c1-43(2,3)49(41-25-15-7-16-26-41,42-27-17-8-18-28-42)47-30-29-35-31-39(33-45)48-40(32-35)34-46-44(36-19-9-4-10-20-36,37-21-11-5-12-22-37)38-23-13-6-14-24-38/h4-29,39-40,45H,30-34H2,1-3H3/b35-29+/t39-,40+/m1/s1. The van der Waals surface area contributed by atoms with Gasteiger partial charge in [0.05, 0.1) is 32.0 Å². The Morgan fingerprint density at radius 2 is 1.04 bits per heavy atom. The normalized spacial score (nSPS) is 18.0. The van der Waals surface area contributed by atoms with Crippen molar-refractivity contribution in [2.75, 3.05) is 19.8 Å². The van der Waals surface area contributed by atoms with E-state index < -0.39 is 13.9 Å². The Balaban J connectivity index is 1.29. The molecule has 49 heavy (non-hydrogen) atoms. The third kappa shape index (κ3) is 7.42. The van der Waals surface area contributed by atoms with Gasteiger partial charge in [0.1, 0.15) is 5.60 Å². The van der Waals surface area contributed by atoms with Crippen molar-refractivity contribution in [1.29, 1.82) is 0 Å². The van der Waals surface area contributed by atoms with Gasteiger partial charge in [-0.05, 0) is 44.9 Å². The van der Waals surface area contributed by atoms with Crippen LogP contribution >= 0.6 is 0 Å². The topological polar surface area (TPSA) is 47.9 Å². The SMILES string of the molecule is CC(C)(C)[Si](OC/C=C1/C[C@@H](COC(c2ccccc2)(c2ccccc2)c2ccccc2)O[C@@H](CO)C1)(c1ccccc1)c1ccccc1. The van der Waals surface area contributed by atoms with Crippen LogP contribution in [0.2, 0.25) is 5.04 Å². The Hall–Kier alpha value is -4.10. The van der Waals surface area contributed by atoms with E-state index in [0.29, 0.717) is 26.1 Å². The molecule has 0 amide bonds. The second-order valence-corrected chi connectivity index (χ2v) is 18.2. The molecule has 0 spiro atoms. The highest BCUT2D eigenvalue weighted by atomic mass is 28.4. The number of hydrogen-bond donors (Lipinski definition) is 1. The molecule has 1 fully saturated rings. The molecule has 5 aromatic rings. The first-order valence-electron chi connectivity index (χ1n) is 17.4. The van der Waals surface area contributed by atoms with Gasteiger partial charge in [0.25, 0.3) is 8.32 Å². The molecule has 0 unspecified atom stereocenters. The molecule has 0 aliphatic carbocycles. The van der Waals surface area contributed by atoms with Crippen molar-refractivity contribution in [3.63, 3.8) is 0 Å². The summed E-state index contributed by atoms with van der Waals surface area (Å²) in [5.41, 5.74) is 3.54. The van der Waals surface area contributed by atoms with Crippen molar-refractivity contribution in [1.82, 2.24) is 0 Å². The van der Waals surface area contributed by atoms with Crippen molar-refractivity contribution >= 4 is 18.7 Å². The van der Waals surface area contributed by atoms with Crippen molar-refractivity contribution in [3.05, 3.63) is 180 Å². The number of aliphatic hydroxyl groups excluding tert-OH is 1. The van der Waals surface area contributed by atoms with Crippen LogP contribution in [0.4, 0.5) is 0 Å². The summed E-state index contributed by atoms with van der Waals surface area (Å²) in [6.45, 7) is 7.68. The van der Waals surface area contributed by atoms with Gasteiger partial charge in [-0.2, -0.15) is 0 Å². The highest BCUT2D eigenvalue weighted by Crippen LogP contribution is 2.41. The number of rotatable bonds is 12. The van der Waals surface area contributed by atoms with Gasteiger partial charge in [0.15, 0.2) is 0 Å². The maximum atomic E-state index is 10.3. The van der Waals surface area contributed by atoms with Crippen molar-refractivity contribution < 1.29 is 19.0 Å². The van der Waals surface area contributed by atoms with Gasteiger partial charge in [0.2, 0.25) is 0 Å². The molecule has 0 saturated carbocycles. The molecule has 1 aliphatic rings. The summed E-state index contributed by atoms with van der Waals surface area (Å²) in [7, 11) is -2.68. The smallest absolute Gasteiger partial charge is 0.261 e. The van der Waals surface area contributed by atoms with Crippen LogP contribution < -0.4 is 10.4 Å². The zero-order valence-electron chi connectivity index (χ0n) is 28.9. The first-order chi connectivity index (χ1) is 23.9. The minimum Gasteiger partial charge on any atom is -0.404 e. The number of aliphatic hydroxyl groups is 1. The van der Waals surface area contributed by atoms with Gasteiger partial charge >= 0.3 is 0 Å². The summed E-state index contributed by atoms with van der Waals surface area (Å²) < 4.78 is 20.8. The monoisotopic (exact) mass is 668 g/mol. The number of hydrogen-bond acceptors (Lipinski definition) is 4. The highest BCUT2D eigenvalue weighted by molar-refractivity contribution is 6.99. The van der Waals surface area contributed by atoms with E-state index in [1.165, 1.54) is 15.9 Å². The van der Waals surface area contributed by atoms with E-state index in [1.807, 2.05) is 18.2 Å². The molecule has 4 nitrogen and oxygen atoms in total. The molecule has 1 heterocycles. The summed E-state index contributed by atoms with van der Waals surface area (Å²) in [6, 6.07) is 52.7. The molecule has 0 aromatic heterocycles. The summed E-state index contributed by atoms with van der Waals surface area (Å²) in [6.07, 6.45) is 3.06. The Kier molecular flexibility index (Phi) is 11.1. The van der Waals surface area contributed by atoms with E-state index in [0.717, 1.165) is 16.7 Å². The molecule has 6 rings (SSSR count). The van der Waals surface area contributed by atoms with E-state index in [-0.39, 0.29) is 23.9 Å². The fourth-order valence-corrected chi connectivity index (χ4v) is 11.9. The largest absolute Gasteiger partial charge is 0.404 e. The molecule has 5 aromatic carbocycles. The second-order valence-electron chi connectivity index (χ2n) is 13.9. The van der Waals surface area contributed by atoms with E-state index in [9.17, 15) is 5.11 Å². The van der Waals surface area contributed by atoms with Crippen LogP contribution in [0.25, 0.3) is 0 Å². The summed E-state index contributed by atoms with van der Waals surface area (Å²) in [5.74, 6) is 0. The molecular formula is C44H48O4Si. The quantitative estimate of drug-likeness (QED) is 0.0831. The van der Waals surface area contributed by atoms with Crippen LogP contribution in [0.5, 0.6) is 0 Å². The van der Waals surface area contributed by atoms with Crippen LogP contribution in [0.15, 0.2) is 163 Å². The first kappa shape index (κ1) is 34.7. The predicted octanol–water partition coefficient (Wildman–Crippen LogP) is 8.04. The average Bonchev–Trinajstić information content (AvgIpc) is 3.15. The van der Waals surface area contributed by atoms with Gasteiger partial charge in [-0.15, -0.1) is 0 Å². The molecule has 0 radical (unpaired) electrons. The highest BCUT2D eigenvalue weighted by Gasteiger charge is 2.50. The first-order valence-corrected chi connectivity index (χ1v) is 19.3. The fraction of sp³-hybridized carbons (Fsp3) is 0.273. The Morgan fingerprint density at radius 1 is 0.633 bits per heavy atom. The molecule has 0 bridgehead atoms. The predicted molar refractivity (Wildman–Crippen MR) is 202 cm³/mol. The summed E-state index contributed by atoms with van der Waals surface area (Å²) in [4.78, 5) is 0. The van der Waals surface area contributed by atoms with Crippen molar-refractivity contribution in [3.8, 4) is 0 Å². The van der Waals surface area contributed by atoms with Crippen molar-refractivity contribution in [2.45, 2.75) is 56.5 Å². The molecule has 252 valence electrons. The van der Waals surface area contributed by atoms with Crippen LogP contribution in [-0.4, -0.2) is 45.5 Å². The van der Waals surface area contributed by atoms with Gasteiger partial charge in [0, 0.05) is 0 Å². The molecule has 1 saturated heterocycles. The zero-order valence-corrected chi connectivity index (χ0v) is 29.9. The average molecular weight is 669 g/mol.